The Kier molecular flexibility index (Phi) is 30.6. The van der Waals surface area contributed by atoms with Crippen molar-refractivity contribution >= 4 is 20.2 Å². The number of nitrogens with zero attached hydrogens (tertiary/aromatic N) is 2. The Morgan fingerprint density at radius 2 is 0.743 bits per heavy atom. The maximum Gasteiger partial charge on any atom is 1.00 e. The summed E-state index contributed by atoms with van der Waals surface area (Å²) in [4.78, 5) is 4.06. The Morgan fingerprint density at radius 1 is 0.457 bits per heavy atom. The van der Waals surface area contributed by atoms with Gasteiger partial charge in [0, 0.05) is 13.1 Å². The van der Waals surface area contributed by atoms with Gasteiger partial charge in [-0.3, -0.25) is 0 Å². The van der Waals surface area contributed by atoms with Crippen molar-refractivity contribution in [1.29, 1.82) is 0 Å². The van der Waals surface area contributed by atoms with Crippen LogP contribution in [0.2, 0.25) is 0 Å². The maximum atomic E-state index is 11.1. The van der Waals surface area contributed by atoms with Gasteiger partial charge in [0.25, 0.3) is 0 Å². The first-order chi connectivity index (χ1) is 15.6. The van der Waals surface area contributed by atoms with Crippen LogP contribution in [0.25, 0.3) is 0 Å². The summed E-state index contributed by atoms with van der Waals surface area (Å²) in [5, 5.41) is 0. The van der Waals surface area contributed by atoms with Crippen LogP contribution in [0.1, 0.15) is 97.3 Å². The van der Waals surface area contributed by atoms with Crippen molar-refractivity contribution in [3.63, 3.8) is 0 Å². The van der Waals surface area contributed by atoms with E-state index in [2.05, 4.69) is 13.8 Å². The number of hydrogen-bond donors (Lipinski definition) is 0. The van der Waals surface area contributed by atoms with E-state index in [9.17, 15) is 25.9 Å². The van der Waals surface area contributed by atoms with Crippen LogP contribution in [-0.4, -0.2) is 86.5 Å². The quantitative estimate of drug-likeness (QED) is 0.0744. The van der Waals surface area contributed by atoms with Gasteiger partial charge in [0.2, 0.25) is 0 Å². The molecule has 0 saturated heterocycles. The average molecular weight is 559 g/mol. The van der Waals surface area contributed by atoms with Crippen molar-refractivity contribution in [3.8, 4) is 0 Å². The van der Waals surface area contributed by atoms with Crippen LogP contribution < -0.4 is 59.1 Å². The van der Waals surface area contributed by atoms with Crippen LogP contribution in [-0.2, 0) is 20.2 Å². The average Bonchev–Trinajstić information content (AvgIpc) is 2.72. The predicted molar refractivity (Wildman–Crippen MR) is 133 cm³/mol. The molecule has 0 aromatic rings. The third-order valence-electron chi connectivity index (χ3n) is 5.92. The van der Waals surface area contributed by atoms with Crippen molar-refractivity contribution in [1.82, 2.24) is 9.80 Å². The largest absolute Gasteiger partial charge is 1.00 e. The SMILES string of the molecule is CCCCCCCCN(CCCN(CCCCCCCC)CCS(=O)(=O)[O-])CCS(=O)(=O)[O-].[Na+].[Na+]. The van der Waals surface area contributed by atoms with Crippen LogP contribution in [0.15, 0.2) is 0 Å². The Morgan fingerprint density at radius 3 is 1.06 bits per heavy atom. The van der Waals surface area contributed by atoms with Gasteiger partial charge in [-0.15, -0.1) is 0 Å². The molecule has 0 aromatic heterocycles. The standard InChI is InChI=1S/C23H50N2O6S2.2Na/c1-3-5-7-9-11-13-16-24(20-22-32(26,27)28)18-15-19-25(21-23-33(29,30)31)17-14-12-10-8-6-4-2;;/h3-23H2,1-2H3,(H,26,27,28)(H,29,30,31);;/q;2*+1/p-2. The van der Waals surface area contributed by atoms with Crippen molar-refractivity contribution in [2.45, 2.75) is 97.3 Å². The fourth-order valence-corrected chi connectivity index (χ4v) is 4.87. The second kappa shape index (κ2) is 26.0. The van der Waals surface area contributed by atoms with E-state index in [1.165, 1.54) is 38.5 Å². The molecule has 0 saturated carbocycles. The summed E-state index contributed by atoms with van der Waals surface area (Å²) in [6.07, 6.45) is 14.4. The zero-order valence-corrected chi connectivity index (χ0v) is 28.6. The number of rotatable bonds is 24. The van der Waals surface area contributed by atoms with Gasteiger partial charge in [0.1, 0.15) is 0 Å². The minimum absolute atomic E-state index is 0. The molecule has 0 aliphatic rings. The normalized spacial score (nSPS) is 12.1. The van der Waals surface area contributed by atoms with Crippen molar-refractivity contribution < 1.29 is 85.1 Å². The fraction of sp³-hybridized carbons (Fsp3) is 1.00. The number of hydrogen-bond acceptors (Lipinski definition) is 8. The van der Waals surface area contributed by atoms with E-state index in [1.807, 2.05) is 9.80 Å². The van der Waals surface area contributed by atoms with E-state index in [4.69, 9.17) is 0 Å². The van der Waals surface area contributed by atoms with Gasteiger partial charge >= 0.3 is 59.1 Å². The molecule has 0 bridgehead atoms. The second-order valence-corrected chi connectivity index (χ2v) is 12.1. The molecule has 0 amide bonds. The molecule has 12 heteroatoms. The molecule has 0 spiro atoms. The van der Waals surface area contributed by atoms with E-state index >= 15 is 0 Å². The zero-order chi connectivity index (χ0) is 25.0. The molecule has 0 aromatic carbocycles. The zero-order valence-electron chi connectivity index (χ0n) is 23.0. The molecule has 0 N–H and O–H groups in total. The second-order valence-electron chi connectivity index (χ2n) is 9.10. The van der Waals surface area contributed by atoms with E-state index in [-0.39, 0.29) is 72.2 Å². The van der Waals surface area contributed by atoms with Crippen molar-refractivity contribution in [2.24, 2.45) is 0 Å². The summed E-state index contributed by atoms with van der Waals surface area (Å²) < 4.78 is 66.5. The molecular weight excluding hydrogens is 510 g/mol. The van der Waals surface area contributed by atoms with E-state index < -0.39 is 31.7 Å². The first kappa shape index (κ1) is 41.2. The third-order valence-corrected chi connectivity index (χ3v) is 7.28. The molecule has 0 rings (SSSR count). The number of unbranched alkanes of at least 4 members (excludes halogenated alkanes) is 10. The molecule has 35 heavy (non-hydrogen) atoms. The van der Waals surface area contributed by atoms with Crippen molar-refractivity contribution in [3.05, 3.63) is 0 Å². The van der Waals surface area contributed by atoms with Gasteiger partial charge in [0.15, 0.2) is 0 Å². The van der Waals surface area contributed by atoms with Crippen LogP contribution in [0.5, 0.6) is 0 Å². The summed E-state index contributed by atoms with van der Waals surface area (Å²) in [6.45, 7) is 7.63. The first-order valence-corrected chi connectivity index (χ1v) is 16.0. The summed E-state index contributed by atoms with van der Waals surface area (Å²) in [5.74, 6) is -0.780. The van der Waals surface area contributed by atoms with Gasteiger partial charge < -0.3 is 18.9 Å². The Bertz CT molecular complexity index is 611. The molecule has 0 fully saturated rings. The van der Waals surface area contributed by atoms with Crippen LogP contribution in [0.4, 0.5) is 0 Å². The van der Waals surface area contributed by atoms with Crippen LogP contribution in [0.3, 0.4) is 0 Å². The summed E-state index contributed by atoms with van der Waals surface area (Å²) in [6, 6.07) is 0. The maximum absolute atomic E-state index is 11.1. The van der Waals surface area contributed by atoms with Crippen LogP contribution >= 0.6 is 0 Å². The summed E-state index contributed by atoms with van der Waals surface area (Å²) in [5.41, 5.74) is 0. The Balaban J connectivity index is -0.00000512. The molecule has 8 nitrogen and oxygen atoms in total. The van der Waals surface area contributed by atoms with Crippen LogP contribution in [0, 0.1) is 0 Å². The van der Waals surface area contributed by atoms with Gasteiger partial charge in [-0.2, -0.15) is 0 Å². The monoisotopic (exact) mass is 558 g/mol. The predicted octanol–water partition coefficient (Wildman–Crippen LogP) is -2.20. The van der Waals surface area contributed by atoms with Gasteiger partial charge in [0.05, 0.1) is 31.7 Å². The molecule has 0 aliphatic carbocycles. The molecule has 0 heterocycles. The summed E-state index contributed by atoms with van der Waals surface area (Å²) in [7, 11) is -8.51. The van der Waals surface area contributed by atoms with E-state index in [1.54, 1.807) is 0 Å². The molecular formula is C23H48N2Na2O6S2. The van der Waals surface area contributed by atoms with E-state index in [0.717, 1.165) is 58.0 Å². The first-order valence-electron chi connectivity index (χ1n) is 12.9. The van der Waals surface area contributed by atoms with E-state index in [0.29, 0.717) is 13.1 Å². The summed E-state index contributed by atoms with van der Waals surface area (Å²) >= 11 is 0. The molecule has 0 radical (unpaired) electrons. The third kappa shape index (κ3) is 31.9. The van der Waals surface area contributed by atoms with Gasteiger partial charge in [-0.25, -0.2) is 16.8 Å². The topological polar surface area (TPSA) is 121 Å². The smallest absolute Gasteiger partial charge is 0.748 e. The molecule has 0 unspecified atom stereocenters. The van der Waals surface area contributed by atoms with Crippen molar-refractivity contribution in [2.75, 3.05) is 50.8 Å². The molecule has 0 aliphatic heterocycles. The Labute approximate surface area is 260 Å². The molecule has 200 valence electrons. The molecule has 0 atom stereocenters. The minimum Gasteiger partial charge on any atom is -0.748 e. The fourth-order valence-electron chi connectivity index (χ4n) is 3.90. The van der Waals surface area contributed by atoms with Gasteiger partial charge in [-0.1, -0.05) is 78.1 Å². The van der Waals surface area contributed by atoms with Gasteiger partial charge in [-0.05, 0) is 45.4 Å². The minimum atomic E-state index is -4.25. The Hall–Kier alpha value is 1.74.